The number of nitrogens with zero attached hydrogens (tertiary/aromatic N) is 2. The first-order valence-corrected chi connectivity index (χ1v) is 14.5. The van der Waals surface area contributed by atoms with Gasteiger partial charge in [-0.05, 0) is 61.6 Å². The van der Waals surface area contributed by atoms with E-state index in [4.69, 9.17) is 9.47 Å². The fourth-order valence-corrected chi connectivity index (χ4v) is 5.78. The van der Waals surface area contributed by atoms with E-state index >= 15 is 0 Å². The van der Waals surface area contributed by atoms with Gasteiger partial charge >= 0.3 is 19.2 Å². The third-order valence-corrected chi connectivity index (χ3v) is 7.92. The highest BCUT2D eigenvalue weighted by atomic mass is 19.4. The van der Waals surface area contributed by atoms with E-state index in [0.29, 0.717) is 31.7 Å². The van der Waals surface area contributed by atoms with Crippen molar-refractivity contribution in [1.82, 2.24) is 9.80 Å². The number of benzene rings is 3. The van der Waals surface area contributed by atoms with Crippen LogP contribution in [0.5, 0.6) is 0 Å². The standard InChI is InChI=1S/C32H36BF3N3O4/c1-21-22(19-38-13-15-39(16-14-38)31(41)43-32(2,3)4)17-23(18-29(21)33(34,35)36)37-30(40)42-20-28-26-11-7-5-9-24(26)25-10-6-8-12-27(25)28/h5-12,17-18,28H,13-16,19-20H2,1-4H3,(H,37,40)/q-1. The lowest BCUT2D eigenvalue weighted by Gasteiger charge is -2.36. The predicted octanol–water partition coefficient (Wildman–Crippen LogP) is 6.46. The van der Waals surface area contributed by atoms with Gasteiger partial charge in [0, 0.05) is 44.3 Å². The van der Waals surface area contributed by atoms with Crippen LogP contribution in [0, 0.1) is 6.92 Å². The van der Waals surface area contributed by atoms with Gasteiger partial charge in [-0.3, -0.25) is 10.2 Å². The molecule has 0 aromatic heterocycles. The minimum Gasteiger partial charge on any atom is -0.448 e. The Morgan fingerprint density at radius 3 is 2.07 bits per heavy atom. The van der Waals surface area contributed by atoms with Crippen LogP contribution in [-0.2, 0) is 16.0 Å². The zero-order chi connectivity index (χ0) is 30.9. The average molecular weight is 594 g/mol. The van der Waals surface area contributed by atoms with E-state index in [-0.39, 0.29) is 30.3 Å². The number of anilines is 1. The Morgan fingerprint density at radius 2 is 1.51 bits per heavy atom. The highest BCUT2D eigenvalue weighted by molar-refractivity contribution is 6.74. The molecular formula is C32H36BF3N3O4-. The Hall–Kier alpha value is -3.99. The molecule has 1 saturated heterocycles. The molecular weight excluding hydrogens is 558 g/mol. The highest BCUT2D eigenvalue weighted by Gasteiger charge is 2.32. The minimum absolute atomic E-state index is 0.0272. The van der Waals surface area contributed by atoms with Gasteiger partial charge in [0.05, 0.1) is 0 Å². The molecule has 11 heteroatoms. The van der Waals surface area contributed by atoms with Gasteiger partial charge < -0.3 is 27.3 Å². The van der Waals surface area contributed by atoms with Crippen LogP contribution in [0.3, 0.4) is 0 Å². The van der Waals surface area contributed by atoms with Gasteiger partial charge in [0.15, 0.2) is 0 Å². The molecule has 43 heavy (non-hydrogen) atoms. The number of nitrogens with one attached hydrogen (secondary N) is 1. The van der Waals surface area contributed by atoms with Crippen LogP contribution >= 0.6 is 0 Å². The van der Waals surface area contributed by atoms with E-state index in [0.717, 1.165) is 28.3 Å². The van der Waals surface area contributed by atoms with Gasteiger partial charge in [-0.15, -0.1) is 5.46 Å². The summed E-state index contributed by atoms with van der Waals surface area (Å²) in [4.78, 5) is 28.9. The monoisotopic (exact) mass is 594 g/mol. The number of piperazine rings is 1. The Kier molecular flexibility index (Phi) is 8.47. The van der Waals surface area contributed by atoms with Crippen molar-refractivity contribution in [3.63, 3.8) is 0 Å². The zero-order valence-electron chi connectivity index (χ0n) is 24.8. The maximum Gasteiger partial charge on any atom is 0.509 e. The summed E-state index contributed by atoms with van der Waals surface area (Å²) in [6, 6.07) is 18.4. The highest BCUT2D eigenvalue weighted by Crippen LogP contribution is 2.44. The van der Waals surface area contributed by atoms with E-state index in [1.54, 1.807) is 31.7 Å². The van der Waals surface area contributed by atoms with E-state index < -0.39 is 30.2 Å². The number of halogens is 3. The number of rotatable bonds is 6. The smallest absolute Gasteiger partial charge is 0.448 e. The summed E-state index contributed by atoms with van der Waals surface area (Å²) in [5.74, 6) is -0.167. The van der Waals surface area contributed by atoms with Gasteiger partial charge in [0.25, 0.3) is 0 Å². The Bertz CT molecular complexity index is 1470. The second kappa shape index (κ2) is 12.0. The summed E-state index contributed by atoms with van der Waals surface area (Å²) in [7, 11) is 0. The molecule has 1 aliphatic carbocycles. The largest absolute Gasteiger partial charge is 0.509 e. The molecule has 0 radical (unpaired) electrons. The molecule has 5 rings (SSSR count). The molecule has 2 amide bonds. The molecule has 7 nitrogen and oxygen atoms in total. The third kappa shape index (κ3) is 6.99. The minimum atomic E-state index is -5.32. The Labute approximate surface area is 250 Å². The van der Waals surface area contributed by atoms with Crippen molar-refractivity contribution in [2.45, 2.75) is 45.8 Å². The number of fused-ring (bicyclic) bond motifs is 3. The first-order chi connectivity index (χ1) is 20.3. The molecule has 228 valence electrons. The van der Waals surface area contributed by atoms with Crippen molar-refractivity contribution in [3.05, 3.63) is 82.9 Å². The Morgan fingerprint density at radius 1 is 0.930 bits per heavy atom. The quantitative estimate of drug-likeness (QED) is 0.332. The molecule has 0 atom stereocenters. The number of hydrogen-bond donors (Lipinski definition) is 1. The second-order valence-corrected chi connectivity index (χ2v) is 12.1. The van der Waals surface area contributed by atoms with Gasteiger partial charge in [0.2, 0.25) is 0 Å². The molecule has 2 aliphatic rings. The number of carbonyl (C=O) groups excluding carboxylic acids is 2. The summed E-state index contributed by atoms with van der Waals surface area (Å²) < 4.78 is 53.3. The predicted molar refractivity (Wildman–Crippen MR) is 162 cm³/mol. The van der Waals surface area contributed by atoms with Crippen molar-refractivity contribution >= 4 is 30.3 Å². The van der Waals surface area contributed by atoms with Crippen molar-refractivity contribution in [1.29, 1.82) is 0 Å². The number of carbonyl (C=O) groups is 2. The van der Waals surface area contributed by atoms with Gasteiger partial charge in [-0.1, -0.05) is 60.2 Å². The topological polar surface area (TPSA) is 71.1 Å². The molecule has 1 fully saturated rings. The molecule has 1 aliphatic heterocycles. The molecule has 0 spiro atoms. The number of amides is 2. The van der Waals surface area contributed by atoms with Crippen molar-refractivity contribution in [3.8, 4) is 11.1 Å². The SMILES string of the molecule is Cc1c(CN2CCN(C(=O)OC(C)(C)C)CC2)cc(NC(=O)OCC2c3ccccc3-c3ccccc32)cc1[B-](F)(F)F. The summed E-state index contributed by atoms with van der Waals surface area (Å²) in [5.41, 5.74) is 3.50. The molecule has 1 N–H and O–H groups in total. The van der Waals surface area contributed by atoms with Crippen molar-refractivity contribution in [2.75, 3.05) is 38.1 Å². The van der Waals surface area contributed by atoms with E-state index in [9.17, 15) is 22.5 Å². The molecule has 0 bridgehead atoms. The molecule has 0 unspecified atom stereocenters. The molecule has 3 aromatic carbocycles. The maximum atomic E-state index is 14.1. The van der Waals surface area contributed by atoms with Crippen LogP contribution in [-0.4, -0.2) is 67.4 Å². The van der Waals surface area contributed by atoms with Gasteiger partial charge in [0.1, 0.15) is 12.2 Å². The summed E-state index contributed by atoms with van der Waals surface area (Å²) >= 11 is 0. The van der Waals surface area contributed by atoms with Crippen LogP contribution in [0.15, 0.2) is 60.7 Å². The summed E-state index contributed by atoms with van der Waals surface area (Å²) in [6.07, 6.45) is -1.22. The van der Waals surface area contributed by atoms with Crippen LogP contribution in [0.25, 0.3) is 11.1 Å². The van der Waals surface area contributed by atoms with Crippen LogP contribution in [0.4, 0.5) is 28.2 Å². The van der Waals surface area contributed by atoms with Gasteiger partial charge in [-0.25, -0.2) is 9.59 Å². The third-order valence-electron chi connectivity index (χ3n) is 7.92. The van der Waals surface area contributed by atoms with Crippen molar-refractivity contribution in [2.24, 2.45) is 0 Å². The van der Waals surface area contributed by atoms with Crippen LogP contribution in [0.2, 0.25) is 0 Å². The number of hydrogen-bond acceptors (Lipinski definition) is 5. The van der Waals surface area contributed by atoms with Crippen LogP contribution < -0.4 is 10.8 Å². The molecule has 1 heterocycles. The van der Waals surface area contributed by atoms with Crippen molar-refractivity contribution < 1.29 is 32.0 Å². The lowest BCUT2D eigenvalue weighted by Crippen LogP contribution is -2.49. The van der Waals surface area contributed by atoms with E-state index in [1.165, 1.54) is 6.92 Å². The van der Waals surface area contributed by atoms with Crippen LogP contribution in [0.1, 0.15) is 48.9 Å². The molecule has 0 saturated carbocycles. The summed E-state index contributed by atoms with van der Waals surface area (Å²) in [6.45, 7) is 3.59. The zero-order valence-corrected chi connectivity index (χ0v) is 24.8. The first kappa shape index (κ1) is 30.5. The van der Waals surface area contributed by atoms with E-state index in [2.05, 4.69) is 5.32 Å². The summed E-state index contributed by atoms with van der Waals surface area (Å²) in [5, 5.41) is 2.54. The Balaban J connectivity index is 1.27. The first-order valence-electron chi connectivity index (χ1n) is 14.5. The second-order valence-electron chi connectivity index (χ2n) is 12.1. The van der Waals surface area contributed by atoms with E-state index in [1.807, 2.05) is 53.4 Å². The normalized spacial score (nSPS) is 15.6. The fourth-order valence-electron chi connectivity index (χ4n) is 5.78. The lowest BCUT2D eigenvalue weighted by molar-refractivity contribution is 0.0139. The fraction of sp³-hybridized carbons (Fsp3) is 0.375. The average Bonchev–Trinajstić information content (AvgIpc) is 3.26. The molecule has 3 aromatic rings. The number of ether oxygens (including phenoxy) is 2. The maximum absolute atomic E-state index is 14.1. The van der Waals surface area contributed by atoms with Gasteiger partial charge in [-0.2, -0.15) is 0 Å². The lowest BCUT2D eigenvalue weighted by atomic mass is 9.75.